The van der Waals surface area contributed by atoms with Crippen LogP contribution in [-0.4, -0.2) is 25.5 Å². The first-order chi connectivity index (χ1) is 12.0. The van der Waals surface area contributed by atoms with Crippen molar-refractivity contribution in [1.82, 2.24) is 5.32 Å². The van der Waals surface area contributed by atoms with Gasteiger partial charge in [-0.25, -0.2) is 0 Å². The van der Waals surface area contributed by atoms with Gasteiger partial charge in [0.05, 0.1) is 13.7 Å². The van der Waals surface area contributed by atoms with Gasteiger partial charge in [0.1, 0.15) is 0 Å². The van der Waals surface area contributed by atoms with Gasteiger partial charge in [0.2, 0.25) is 5.91 Å². The van der Waals surface area contributed by atoms with Crippen LogP contribution >= 0.6 is 0 Å². The Hall–Kier alpha value is -3.02. The third-order valence-corrected chi connectivity index (χ3v) is 3.48. The standard InChI is InChI=1S/C19H22N2O4/c1-4-25-17-10-9-16(11-18(17)24-3)21-19(23)15-7-5-14(6-8-15)12-20-13(2)22/h5-11H,4,12H2,1-3H3,(H,20,22)(H,21,23). The molecule has 0 saturated carbocycles. The second kappa shape index (κ2) is 8.73. The lowest BCUT2D eigenvalue weighted by Gasteiger charge is -2.12. The molecule has 25 heavy (non-hydrogen) atoms. The van der Waals surface area contributed by atoms with Crippen molar-refractivity contribution in [2.24, 2.45) is 0 Å². The zero-order valence-electron chi connectivity index (χ0n) is 14.6. The number of carbonyl (C=O) groups is 2. The number of amides is 2. The van der Waals surface area contributed by atoms with Gasteiger partial charge >= 0.3 is 0 Å². The summed E-state index contributed by atoms with van der Waals surface area (Å²) < 4.78 is 10.7. The van der Waals surface area contributed by atoms with Crippen LogP contribution in [0.4, 0.5) is 5.69 Å². The first-order valence-corrected chi connectivity index (χ1v) is 7.99. The number of carbonyl (C=O) groups excluding carboxylic acids is 2. The molecular formula is C19H22N2O4. The topological polar surface area (TPSA) is 76.7 Å². The van der Waals surface area contributed by atoms with Crippen LogP contribution in [0.5, 0.6) is 11.5 Å². The minimum atomic E-state index is -0.225. The molecule has 0 aliphatic rings. The fourth-order valence-corrected chi connectivity index (χ4v) is 2.22. The van der Waals surface area contributed by atoms with E-state index in [-0.39, 0.29) is 11.8 Å². The fraction of sp³-hybridized carbons (Fsp3) is 0.263. The van der Waals surface area contributed by atoms with Crippen molar-refractivity contribution < 1.29 is 19.1 Å². The lowest BCUT2D eigenvalue weighted by Crippen LogP contribution is -2.19. The molecule has 0 aromatic heterocycles. The number of benzene rings is 2. The Balaban J connectivity index is 2.05. The zero-order valence-corrected chi connectivity index (χ0v) is 14.6. The highest BCUT2D eigenvalue weighted by Gasteiger charge is 2.10. The monoisotopic (exact) mass is 342 g/mol. The highest BCUT2D eigenvalue weighted by Crippen LogP contribution is 2.30. The molecule has 6 nitrogen and oxygen atoms in total. The number of rotatable bonds is 7. The van der Waals surface area contributed by atoms with Crippen LogP contribution in [-0.2, 0) is 11.3 Å². The predicted molar refractivity (Wildman–Crippen MR) is 96.1 cm³/mol. The van der Waals surface area contributed by atoms with E-state index < -0.39 is 0 Å². The molecule has 2 rings (SSSR count). The normalized spacial score (nSPS) is 10.0. The van der Waals surface area contributed by atoms with E-state index in [9.17, 15) is 9.59 Å². The lowest BCUT2D eigenvalue weighted by atomic mass is 10.1. The van der Waals surface area contributed by atoms with Crippen molar-refractivity contribution in [3.8, 4) is 11.5 Å². The number of nitrogens with one attached hydrogen (secondary N) is 2. The maximum atomic E-state index is 12.3. The number of anilines is 1. The maximum Gasteiger partial charge on any atom is 0.255 e. The summed E-state index contributed by atoms with van der Waals surface area (Å²) in [7, 11) is 1.55. The van der Waals surface area contributed by atoms with E-state index in [2.05, 4.69) is 10.6 Å². The molecule has 0 aliphatic heterocycles. The average molecular weight is 342 g/mol. The summed E-state index contributed by atoms with van der Waals surface area (Å²) in [5, 5.41) is 5.54. The van der Waals surface area contributed by atoms with E-state index in [4.69, 9.17) is 9.47 Å². The number of methoxy groups -OCH3 is 1. The Morgan fingerprint density at radius 1 is 1.04 bits per heavy atom. The van der Waals surface area contributed by atoms with Crippen LogP contribution in [0.2, 0.25) is 0 Å². The minimum Gasteiger partial charge on any atom is -0.493 e. The highest BCUT2D eigenvalue weighted by molar-refractivity contribution is 6.04. The number of hydrogen-bond acceptors (Lipinski definition) is 4. The molecule has 6 heteroatoms. The van der Waals surface area contributed by atoms with Gasteiger partial charge in [0.25, 0.3) is 5.91 Å². The largest absolute Gasteiger partial charge is 0.493 e. The average Bonchev–Trinajstić information content (AvgIpc) is 2.61. The van der Waals surface area contributed by atoms with Crippen LogP contribution < -0.4 is 20.1 Å². The summed E-state index contributed by atoms with van der Waals surface area (Å²) >= 11 is 0. The van der Waals surface area contributed by atoms with Gasteiger partial charge in [0.15, 0.2) is 11.5 Å². The van der Waals surface area contributed by atoms with Crippen molar-refractivity contribution in [3.63, 3.8) is 0 Å². The fourth-order valence-electron chi connectivity index (χ4n) is 2.22. The molecule has 0 radical (unpaired) electrons. The Kier molecular flexibility index (Phi) is 6.39. The smallest absolute Gasteiger partial charge is 0.255 e. The molecule has 2 amide bonds. The summed E-state index contributed by atoms with van der Waals surface area (Å²) in [6, 6.07) is 12.3. The van der Waals surface area contributed by atoms with E-state index in [0.29, 0.717) is 35.9 Å². The molecular weight excluding hydrogens is 320 g/mol. The summed E-state index contributed by atoms with van der Waals surface area (Å²) in [6.07, 6.45) is 0. The summed E-state index contributed by atoms with van der Waals surface area (Å²) in [6.45, 7) is 4.33. The van der Waals surface area contributed by atoms with Gasteiger partial charge in [0, 0.05) is 30.8 Å². The Morgan fingerprint density at radius 3 is 2.36 bits per heavy atom. The van der Waals surface area contributed by atoms with Crippen molar-refractivity contribution in [2.75, 3.05) is 19.0 Å². The van der Waals surface area contributed by atoms with E-state index in [1.165, 1.54) is 6.92 Å². The molecule has 0 bridgehead atoms. The Bertz CT molecular complexity index is 742. The van der Waals surface area contributed by atoms with Crippen LogP contribution in [0.3, 0.4) is 0 Å². The third kappa shape index (κ3) is 5.24. The SMILES string of the molecule is CCOc1ccc(NC(=O)c2ccc(CNC(C)=O)cc2)cc1OC. The first-order valence-electron chi connectivity index (χ1n) is 7.99. The van der Waals surface area contributed by atoms with E-state index >= 15 is 0 Å². The van der Waals surface area contributed by atoms with Crippen molar-refractivity contribution >= 4 is 17.5 Å². The van der Waals surface area contributed by atoms with Gasteiger partial charge in [-0.15, -0.1) is 0 Å². The molecule has 0 aliphatic carbocycles. The second-order valence-electron chi connectivity index (χ2n) is 5.36. The van der Waals surface area contributed by atoms with Gasteiger partial charge < -0.3 is 20.1 Å². The molecule has 0 heterocycles. The molecule has 2 aromatic rings. The molecule has 0 spiro atoms. The Labute approximate surface area is 147 Å². The second-order valence-corrected chi connectivity index (χ2v) is 5.36. The first kappa shape index (κ1) is 18.3. The summed E-state index contributed by atoms with van der Waals surface area (Å²) in [5.41, 5.74) is 2.07. The number of ether oxygens (including phenoxy) is 2. The third-order valence-electron chi connectivity index (χ3n) is 3.48. The van der Waals surface area contributed by atoms with E-state index in [1.54, 1.807) is 37.4 Å². The predicted octanol–water partition coefficient (Wildman–Crippen LogP) is 2.98. The van der Waals surface area contributed by atoms with Crippen LogP contribution in [0.15, 0.2) is 42.5 Å². The Morgan fingerprint density at radius 2 is 1.76 bits per heavy atom. The van der Waals surface area contributed by atoms with E-state index in [0.717, 1.165) is 5.56 Å². The number of hydrogen-bond donors (Lipinski definition) is 2. The highest BCUT2D eigenvalue weighted by atomic mass is 16.5. The molecule has 0 unspecified atom stereocenters. The molecule has 0 atom stereocenters. The molecule has 2 aromatic carbocycles. The van der Waals surface area contributed by atoms with Crippen molar-refractivity contribution in [2.45, 2.75) is 20.4 Å². The van der Waals surface area contributed by atoms with Gasteiger partial charge in [-0.2, -0.15) is 0 Å². The van der Waals surface area contributed by atoms with Crippen LogP contribution in [0.1, 0.15) is 29.8 Å². The van der Waals surface area contributed by atoms with Crippen LogP contribution in [0.25, 0.3) is 0 Å². The summed E-state index contributed by atoms with van der Waals surface area (Å²) in [4.78, 5) is 23.3. The maximum absolute atomic E-state index is 12.3. The molecule has 0 fully saturated rings. The quantitative estimate of drug-likeness (QED) is 0.811. The molecule has 2 N–H and O–H groups in total. The molecule has 0 saturated heterocycles. The lowest BCUT2D eigenvalue weighted by molar-refractivity contribution is -0.119. The van der Waals surface area contributed by atoms with E-state index in [1.807, 2.05) is 19.1 Å². The van der Waals surface area contributed by atoms with Crippen molar-refractivity contribution in [1.29, 1.82) is 0 Å². The van der Waals surface area contributed by atoms with Crippen molar-refractivity contribution in [3.05, 3.63) is 53.6 Å². The van der Waals surface area contributed by atoms with Crippen LogP contribution in [0, 0.1) is 0 Å². The van der Waals surface area contributed by atoms with Gasteiger partial charge in [-0.3, -0.25) is 9.59 Å². The van der Waals surface area contributed by atoms with Gasteiger partial charge in [-0.05, 0) is 36.8 Å². The summed E-state index contributed by atoms with van der Waals surface area (Å²) in [5.74, 6) is 0.874. The van der Waals surface area contributed by atoms with Gasteiger partial charge in [-0.1, -0.05) is 12.1 Å². The minimum absolute atomic E-state index is 0.0914. The zero-order chi connectivity index (χ0) is 18.2. The molecule has 132 valence electrons.